The van der Waals surface area contributed by atoms with Gasteiger partial charge in [-0.05, 0) is 192 Å². The zero-order chi connectivity index (χ0) is 69.2. The molecule has 12 rings (SSSR count). The normalized spacial score (nSPS) is 13.6. The Hall–Kier alpha value is -11.1. The molecule has 0 radical (unpaired) electrons. The van der Waals surface area contributed by atoms with Crippen LogP contribution in [0.3, 0.4) is 0 Å². The molecule has 24 heteroatoms. The van der Waals surface area contributed by atoms with E-state index in [4.69, 9.17) is 27.3 Å². The van der Waals surface area contributed by atoms with Crippen LogP contribution >= 0.6 is 0 Å². The number of ether oxygens (including phenoxy) is 2. The second kappa shape index (κ2) is 32.8. The van der Waals surface area contributed by atoms with E-state index < -0.39 is 39.8 Å². The van der Waals surface area contributed by atoms with Gasteiger partial charge in [0.05, 0.1) is 84.1 Å². The fraction of sp³-hybridized carbons (Fsp3) is 0.260. The molecule has 3 saturated heterocycles. The monoisotopic (exact) mass is 1340 g/mol. The molecule has 0 aliphatic carbocycles. The van der Waals surface area contributed by atoms with E-state index in [9.17, 15) is 52.5 Å². The molecule has 7 N–H and O–H groups in total. The molecule has 3 aliphatic heterocycles. The van der Waals surface area contributed by atoms with Gasteiger partial charge in [-0.15, -0.1) is 0 Å². The van der Waals surface area contributed by atoms with E-state index in [1.54, 1.807) is 110 Å². The molecule has 0 atom stereocenters. The largest absolute Gasteiger partial charge is 0.507 e. The number of nitrogens with zero attached hydrogens (tertiary/aromatic N) is 3. The summed E-state index contributed by atoms with van der Waals surface area (Å²) >= 11 is 0. The average Bonchev–Trinajstić information content (AvgIpc) is 1.54. The van der Waals surface area contributed by atoms with Crippen LogP contribution < -0.4 is 30.7 Å². The van der Waals surface area contributed by atoms with Gasteiger partial charge in [-0.3, -0.25) is 18.9 Å². The first-order chi connectivity index (χ1) is 46.7. The number of furan rings is 3. The quantitative estimate of drug-likeness (QED) is 0.0370. The van der Waals surface area contributed by atoms with Crippen molar-refractivity contribution >= 4 is 79.9 Å². The Morgan fingerprint density at radius 1 is 0.423 bits per heavy atom. The Morgan fingerprint density at radius 3 is 1.05 bits per heavy atom. The third-order valence-electron chi connectivity index (χ3n) is 16.3. The number of benzene rings is 6. The van der Waals surface area contributed by atoms with E-state index in [1.807, 2.05) is 31.2 Å². The molecule has 3 aliphatic rings. The van der Waals surface area contributed by atoms with Crippen LogP contribution in [0.2, 0.25) is 0 Å². The maximum Gasteiger partial charge on any atom is 0.339 e. The summed E-state index contributed by atoms with van der Waals surface area (Å²) in [5, 5.41) is 38.4. The molecule has 0 bridgehead atoms. The Kier molecular flexibility index (Phi) is 23.8. The maximum absolute atomic E-state index is 13.2. The van der Waals surface area contributed by atoms with Crippen LogP contribution in [0.25, 0.3) is 34.0 Å². The number of amides is 3. The minimum Gasteiger partial charge on any atom is -0.507 e. The van der Waals surface area contributed by atoms with Crippen molar-refractivity contribution in [1.82, 2.24) is 0 Å². The van der Waals surface area contributed by atoms with E-state index in [2.05, 4.69) is 36.7 Å². The Bertz CT molecular complexity index is 4160. The van der Waals surface area contributed by atoms with Gasteiger partial charge in [0.25, 0.3) is 27.8 Å². The third-order valence-corrected chi connectivity index (χ3v) is 16.3. The highest BCUT2D eigenvalue weighted by atomic mass is 32.2. The minimum absolute atomic E-state index is 0.0506. The van der Waals surface area contributed by atoms with Crippen LogP contribution in [0, 0.1) is 6.92 Å². The number of methoxy groups -OCH3 is 2. The molecule has 23 nitrogen and oxygen atoms in total. The summed E-state index contributed by atoms with van der Waals surface area (Å²) in [6, 6.07) is 41.2. The number of carboxylic acids is 1. The van der Waals surface area contributed by atoms with Crippen molar-refractivity contribution in [2.75, 3.05) is 90.4 Å². The average molecular weight is 1340 g/mol. The smallest absolute Gasteiger partial charge is 0.339 e. The zero-order valence-electron chi connectivity index (χ0n) is 54.0. The number of aryl methyl sites for hydroxylation is 1. The van der Waals surface area contributed by atoms with Crippen molar-refractivity contribution in [2.45, 2.75) is 64.7 Å². The summed E-state index contributed by atoms with van der Waals surface area (Å²) in [4.78, 5) is 82.1. The first-order valence-corrected chi connectivity index (χ1v) is 33.3. The number of hydrogen-bond acceptors (Lipinski definition) is 18. The number of carboxylic acid groups (broad SMARTS) is 1. The first kappa shape index (κ1) is 70.2. The molecule has 506 valence electrons. The van der Waals surface area contributed by atoms with Gasteiger partial charge in [-0.1, -0.05) is 24.3 Å². The second-order valence-electron chi connectivity index (χ2n) is 23.1. The predicted molar refractivity (Wildman–Crippen MR) is 369 cm³/mol. The summed E-state index contributed by atoms with van der Waals surface area (Å²) in [5.74, 6) is -2.10. The van der Waals surface area contributed by atoms with Crippen LogP contribution in [-0.4, -0.2) is 124 Å². The number of aromatic hydroxyl groups is 2. The fourth-order valence-electron chi connectivity index (χ4n) is 11.4. The van der Waals surface area contributed by atoms with Crippen molar-refractivity contribution in [2.24, 2.45) is 0 Å². The number of carbonyl (C=O) groups is 6. The highest BCUT2D eigenvalue weighted by Crippen LogP contribution is 2.34. The molecule has 3 amide bonds. The van der Waals surface area contributed by atoms with Crippen LogP contribution in [-0.2, 0) is 19.6 Å². The van der Waals surface area contributed by atoms with Gasteiger partial charge < -0.3 is 68.7 Å². The summed E-state index contributed by atoms with van der Waals surface area (Å²) in [6.07, 6.45) is 15.7. The van der Waals surface area contributed by atoms with Gasteiger partial charge in [0.2, 0.25) is 0 Å². The fourth-order valence-corrected chi connectivity index (χ4v) is 11.4. The van der Waals surface area contributed by atoms with E-state index in [0.29, 0.717) is 45.9 Å². The van der Waals surface area contributed by atoms with Gasteiger partial charge in [-0.2, -0.15) is 8.42 Å². The topological polar surface area (TPSA) is 321 Å². The van der Waals surface area contributed by atoms with Crippen molar-refractivity contribution < 1.29 is 79.8 Å². The highest BCUT2D eigenvalue weighted by Gasteiger charge is 2.25. The Balaban J connectivity index is 0.000000164. The van der Waals surface area contributed by atoms with E-state index in [1.165, 1.54) is 57.9 Å². The molecule has 0 unspecified atom stereocenters. The van der Waals surface area contributed by atoms with Crippen LogP contribution in [0.5, 0.6) is 11.5 Å². The number of nitrogens with one attached hydrogen (secondary N) is 3. The lowest BCUT2D eigenvalue weighted by Gasteiger charge is -2.29. The maximum atomic E-state index is 13.2. The van der Waals surface area contributed by atoms with E-state index >= 15 is 0 Å². The number of piperidine rings is 3. The standard InChI is InChI=1S/C25H26N2O4.C24H24N2O5.C23H22N2O5.CH4O3S/c1-17-8-10-19(27-12-4-3-5-13-27)16-21(17)24(28)26-22-15-18(23-7-6-14-31-23)9-11-20(22)25(29)30-2;1-30-24(29)18-9-7-16(22-6-5-13-31-22)14-20(18)25-23(28)19-15-17(8-10-21(19)27)26-11-3-2-4-12-26;26-20-9-7-16(25-10-2-1-3-11-25)14-18(20)22(27)24-19-13-15(21-5-4-12-30-21)6-8-17(19)23(28)29;1-5(2,3)4/h6-11,14-16H,3-5,12-13H2,1-2H3,(H,26,28);5-10,13-15,27H,2-4,11-12H2,1H3,(H,25,28);4-9,12-14,26H,1-3,10-11H2,(H,24,27)(H,28,29);1H3,(H,2,3,4). The summed E-state index contributed by atoms with van der Waals surface area (Å²) in [7, 11) is -1.07. The van der Waals surface area contributed by atoms with Gasteiger partial charge in [0, 0.05) is 78.6 Å². The number of phenols is 2. The number of rotatable bonds is 15. The molecule has 3 fully saturated rings. The second-order valence-corrected chi connectivity index (χ2v) is 24.6. The molecule has 6 heterocycles. The zero-order valence-corrected chi connectivity index (χ0v) is 54.9. The highest BCUT2D eigenvalue weighted by molar-refractivity contribution is 7.85. The van der Waals surface area contributed by atoms with Crippen LogP contribution in [0.1, 0.15) is 125 Å². The number of anilines is 6. The number of aromatic carboxylic acids is 1. The lowest BCUT2D eigenvalue weighted by Crippen LogP contribution is -2.29. The van der Waals surface area contributed by atoms with Crippen LogP contribution in [0.4, 0.5) is 34.1 Å². The molecule has 9 aromatic rings. The lowest BCUT2D eigenvalue weighted by atomic mass is 10.0. The summed E-state index contributed by atoms with van der Waals surface area (Å²) < 4.78 is 51.8. The SMILES string of the molecule is COC(=O)c1ccc(-c2ccco2)cc1NC(=O)c1cc(N2CCCCC2)ccc1C.COC(=O)c1ccc(-c2ccco2)cc1NC(=O)c1cc(N2CCCCC2)ccc1O.CS(=O)(=O)O.O=C(Nc1cc(-c2ccco2)ccc1C(=O)O)c1cc(N2CCCCC2)ccc1O. The van der Waals surface area contributed by atoms with Gasteiger partial charge in [-0.25, -0.2) is 14.4 Å². The Morgan fingerprint density at radius 2 is 0.732 bits per heavy atom. The number of esters is 2. The summed E-state index contributed by atoms with van der Waals surface area (Å²) in [6.45, 7) is 7.56. The molecule has 97 heavy (non-hydrogen) atoms. The van der Waals surface area contributed by atoms with E-state index in [-0.39, 0.29) is 56.6 Å². The number of hydrogen-bond donors (Lipinski definition) is 7. The third kappa shape index (κ3) is 18.9. The molecule has 0 saturated carbocycles. The first-order valence-electron chi connectivity index (χ1n) is 31.5. The van der Waals surface area contributed by atoms with Crippen molar-refractivity contribution in [3.63, 3.8) is 0 Å². The van der Waals surface area contributed by atoms with Crippen LogP contribution in [0.15, 0.2) is 178 Å². The molecule has 0 spiro atoms. The minimum atomic E-state index is -3.67. The van der Waals surface area contributed by atoms with Crippen molar-refractivity contribution in [3.8, 4) is 45.5 Å². The van der Waals surface area contributed by atoms with Gasteiger partial charge in [0.15, 0.2) is 0 Å². The molecule has 3 aromatic heterocycles. The number of phenolic OH excluding ortho intramolecular Hbond substituents is 2. The lowest BCUT2D eigenvalue weighted by molar-refractivity contribution is 0.0592. The van der Waals surface area contributed by atoms with Gasteiger partial charge in [0.1, 0.15) is 28.8 Å². The molecule has 6 aromatic carbocycles. The number of carbonyl (C=O) groups excluding carboxylic acids is 5. The van der Waals surface area contributed by atoms with E-state index in [0.717, 1.165) is 106 Å². The van der Waals surface area contributed by atoms with Crippen molar-refractivity contribution in [1.29, 1.82) is 0 Å². The molecular weight excluding hydrogens is 1260 g/mol. The van der Waals surface area contributed by atoms with Crippen molar-refractivity contribution in [3.05, 3.63) is 203 Å². The Labute approximate surface area is 561 Å². The summed E-state index contributed by atoms with van der Waals surface area (Å²) in [5.41, 5.74) is 7.80. The predicted octanol–water partition coefficient (Wildman–Crippen LogP) is 14.1. The molecular formula is C73H76N6O17S. The van der Waals surface area contributed by atoms with Gasteiger partial charge >= 0.3 is 17.9 Å².